The lowest BCUT2D eigenvalue weighted by Crippen LogP contribution is -2.19. The summed E-state index contributed by atoms with van der Waals surface area (Å²) in [5.74, 6) is -0.0869. The van der Waals surface area contributed by atoms with E-state index in [1.807, 2.05) is 32.9 Å². The average Bonchev–Trinajstić information content (AvgIpc) is 2.18. The SMILES string of the molecule is CC(C)(C)COS(=O)(=O)Cc1ccc(Br)cc1. The van der Waals surface area contributed by atoms with Crippen LogP contribution in [-0.4, -0.2) is 15.0 Å². The Bertz CT molecular complexity index is 458. The van der Waals surface area contributed by atoms with Crippen LogP contribution in [0.4, 0.5) is 0 Å². The minimum Gasteiger partial charge on any atom is -0.269 e. The molecule has 0 unspecified atom stereocenters. The molecule has 1 aromatic rings. The van der Waals surface area contributed by atoms with E-state index >= 15 is 0 Å². The third-order valence-corrected chi connectivity index (χ3v) is 3.62. The van der Waals surface area contributed by atoms with Crippen LogP contribution in [0.1, 0.15) is 26.3 Å². The van der Waals surface area contributed by atoms with Gasteiger partial charge in [0, 0.05) is 4.47 Å². The van der Waals surface area contributed by atoms with Gasteiger partial charge in [-0.1, -0.05) is 48.8 Å². The van der Waals surface area contributed by atoms with E-state index in [1.54, 1.807) is 12.1 Å². The predicted molar refractivity (Wildman–Crippen MR) is 72.2 cm³/mol. The highest BCUT2D eigenvalue weighted by molar-refractivity contribution is 9.10. The van der Waals surface area contributed by atoms with Crippen molar-refractivity contribution in [1.82, 2.24) is 0 Å². The van der Waals surface area contributed by atoms with Crippen molar-refractivity contribution in [3.05, 3.63) is 34.3 Å². The Morgan fingerprint density at radius 1 is 1.18 bits per heavy atom. The number of hydrogen-bond donors (Lipinski definition) is 0. The lowest BCUT2D eigenvalue weighted by Gasteiger charge is -2.17. The summed E-state index contributed by atoms with van der Waals surface area (Å²) in [6.07, 6.45) is 0. The highest BCUT2D eigenvalue weighted by atomic mass is 79.9. The summed E-state index contributed by atoms with van der Waals surface area (Å²) in [4.78, 5) is 0. The summed E-state index contributed by atoms with van der Waals surface area (Å²) >= 11 is 3.30. The van der Waals surface area contributed by atoms with Gasteiger partial charge in [0.25, 0.3) is 10.1 Å². The second-order valence-corrected chi connectivity index (χ2v) is 7.71. The molecule has 0 fully saturated rings. The molecule has 0 spiro atoms. The predicted octanol–water partition coefficient (Wildman–Crippen LogP) is 3.34. The number of hydrogen-bond acceptors (Lipinski definition) is 3. The Balaban J connectivity index is 2.64. The van der Waals surface area contributed by atoms with Crippen LogP contribution in [-0.2, 0) is 20.1 Å². The molecule has 0 aliphatic heterocycles. The van der Waals surface area contributed by atoms with Gasteiger partial charge in [-0.3, -0.25) is 4.18 Å². The molecule has 0 atom stereocenters. The van der Waals surface area contributed by atoms with Crippen molar-refractivity contribution in [1.29, 1.82) is 0 Å². The van der Waals surface area contributed by atoms with E-state index in [9.17, 15) is 8.42 Å². The quantitative estimate of drug-likeness (QED) is 0.799. The van der Waals surface area contributed by atoms with Crippen molar-refractivity contribution in [3.63, 3.8) is 0 Å². The van der Waals surface area contributed by atoms with Crippen LogP contribution in [0.5, 0.6) is 0 Å². The third kappa shape index (κ3) is 6.19. The topological polar surface area (TPSA) is 43.4 Å². The molecular weight excluding hydrogens is 304 g/mol. The monoisotopic (exact) mass is 320 g/mol. The lowest BCUT2D eigenvalue weighted by molar-refractivity contribution is 0.203. The fourth-order valence-electron chi connectivity index (χ4n) is 1.09. The van der Waals surface area contributed by atoms with Gasteiger partial charge in [-0.2, -0.15) is 8.42 Å². The summed E-state index contributed by atoms with van der Waals surface area (Å²) in [7, 11) is -3.50. The van der Waals surface area contributed by atoms with Gasteiger partial charge in [-0.25, -0.2) is 0 Å². The van der Waals surface area contributed by atoms with Gasteiger partial charge in [0.1, 0.15) is 5.75 Å². The van der Waals surface area contributed by atoms with E-state index in [1.165, 1.54) is 0 Å². The molecule has 17 heavy (non-hydrogen) atoms. The van der Waals surface area contributed by atoms with Crippen LogP contribution >= 0.6 is 15.9 Å². The molecule has 0 aliphatic rings. The number of halogens is 1. The van der Waals surface area contributed by atoms with Gasteiger partial charge < -0.3 is 0 Å². The zero-order valence-electron chi connectivity index (χ0n) is 10.2. The average molecular weight is 321 g/mol. The Hall–Kier alpha value is -0.390. The fraction of sp³-hybridized carbons (Fsp3) is 0.500. The Kier molecular flexibility index (Phi) is 4.75. The zero-order valence-corrected chi connectivity index (χ0v) is 12.6. The molecule has 0 saturated carbocycles. The molecule has 3 nitrogen and oxygen atoms in total. The molecule has 1 aromatic carbocycles. The molecule has 0 amide bonds. The normalized spacial score (nSPS) is 12.7. The second kappa shape index (κ2) is 5.50. The molecule has 0 radical (unpaired) electrons. The van der Waals surface area contributed by atoms with Gasteiger partial charge in [0.05, 0.1) is 6.61 Å². The first kappa shape index (κ1) is 14.7. The summed E-state index contributed by atoms with van der Waals surface area (Å²) in [5.41, 5.74) is 0.564. The van der Waals surface area contributed by atoms with Crippen molar-refractivity contribution >= 4 is 26.0 Å². The first-order valence-corrected chi connectivity index (χ1v) is 7.67. The minimum absolute atomic E-state index is 0.0869. The van der Waals surface area contributed by atoms with Crippen molar-refractivity contribution in [2.75, 3.05) is 6.61 Å². The van der Waals surface area contributed by atoms with Crippen molar-refractivity contribution in [2.24, 2.45) is 5.41 Å². The van der Waals surface area contributed by atoms with Crippen LogP contribution in [0.3, 0.4) is 0 Å². The van der Waals surface area contributed by atoms with Crippen LogP contribution in [0, 0.1) is 5.41 Å². The van der Waals surface area contributed by atoms with Crippen molar-refractivity contribution in [3.8, 4) is 0 Å². The first-order chi connectivity index (χ1) is 7.68. The molecule has 0 bridgehead atoms. The van der Waals surface area contributed by atoms with Crippen molar-refractivity contribution in [2.45, 2.75) is 26.5 Å². The zero-order chi connectivity index (χ0) is 13.1. The van der Waals surface area contributed by atoms with Gasteiger partial charge in [0.15, 0.2) is 0 Å². The summed E-state index contributed by atoms with van der Waals surface area (Å²) in [6, 6.07) is 7.16. The standard InChI is InChI=1S/C12H17BrO3S/c1-12(2,3)9-16-17(14,15)8-10-4-6-11(13)7-5-10/h4-7H,8-9H2,1-3H3. The molecule has 0 N–H and O–H groups in total. The van der Waals surface area contributed by atoms with Gasteiger partial charge >= 0.3 is 0 Å². The van der Waals surface area contributed by atoms with Gasteiger partial charge in [-0.15, -0.1) is 0 Å². The van der Waals surface area contributed by atoms with Crippen molar-refractivity contribution < 1.29 is 12.6 Å². The smallest absolute Gasteiger partial charge is 0.269 e. The van der Waals surface area contributed by atoms with Crippen LogP contribution in [0.2, 0.25) is 0 Å². The highest BCUT2D eigenvalue weighted by Crippen LogP contribution is 2.17. The maximum absolute atomic E-state index is 11.7. The Labute approximate surface area is 111 Å². The maximum atomic E-state index is 11.7. The van der Waals surface area contributed by atoms with E-state index in [4.69, 9.17) is 4.18 Å². The lowest BCUT2D eigenvalue weighted by atomic mass is 9.99. The molecule has 0 saturated heterocycles. The number of benzene rings is 1. The second-order valence-electron chi connectivity index (χ2n) is 5.15. The third-order valence-electron chi connectivity index (χ3n) is 1.93. The van der Waals surface area contributed by atoms with E-state index in [-0.39, 0.29) is 17.8 Å². The van der Waals surface area contributed by atoms with Gasteiger partial charge in [-0.05, 0) is 23.1 Å². The molecule has 0 heterocycles. The van der Waals surface area contributed by atoms with Crippen LogP contribution < -0.4 is 0 Å². The van der Waals surface area contributed by atoms with E-state index in [0.29, 0.717) is 0 Å². The van der Waals surface area contributed by atoms with E-state index in [2.05, 4.69) is 15.9 Å². The minimum atomic E-state index is -3.50. The molecule has 96 valence electrons. The molecule has 0 aliphatic carbocycles. The Morgan fingerprint density at radius 2 is 1.71 bits per heavy atom. The van der Waals surface area contributed by atoms with Crippen LogP contribution in [0.25, 0.3) is 0 Å². The fourth-order valence-corrected chi connectivity index (χ4v) is 2.57. The van der Waals surface area contributed by atoms with E-state index < -0.39 is 10.1 Å². The van der Waals surface area contributed by atoms with E-state index in [0.717, 1.165) is 10.0 Å². The van der Waals surface area contributed by atoms with Gasteiger partial charge in [0.2, 0.25) is 0 Å². The molecule has 1 rings (SSSR count). The molecule has 5 heteroatoms. The molecular formula is C12H17BrO3S. The summed E-state index contributed by atoms with van der Waals surface area (Å²) < 4.78 is 29.3. The summed E-state index contributed by atoms with van der Waals surface area (Å²) in [6.45, 7) is 6.00. The number of rotatable bonds is 4. The maximum Gasteiger partial charge on any atom is 0.271 e. The molecule has 0 aromatic heterocycles. The highest BCUT2D eigenvalue weighted by Gasteiger charge is 2.18. The summed E-state index contributed by atoms with van der Waals surface area (Å²) in [5, 5.41) is 0. The van der Waals surface area contributed by atoms with Crippen LogP contribution in [0.15, 0.2) is 28.7 Å². The first-order valence-electron chi connectivity index (χ1n) is 5.29. The Morgan fingerprint density at radius 3 is 2.18 bits per heavy atom. The largest absolute Gasteiger partial charge is 0.271 e.